The summed E-state index contributed by atoms with van der Waals surface area (Å²) in [7, 11) is 2.69. The predicted octanol–water partition coefficient (Wildman–Crippen LogP) is 8.19. The zero-order valence-electron chi connectivity index (χ0n) is 30.4. The van der Waals surface area contributed by atoms with E-state index in [1.165, 1.54) is 20.3 Å². The van der Waals surface area contributed by atoms with Gasteiger partial charge in [-0.15, -0.1) is 5.54 Å². The first kappa shape index (κ1) is 34.0. The highest BCUT2D eigenvalue weighted by atomic mass is 28.3. The van der Waals surface area contributed by atoms with Crippen LogP contribution in [0.4, 0.5) is 14.7 Å². The molecule has 0 unspecified atom stereocenters. The third-order valence-electron chi connectivity index (χ3n) is 9.84. The summed E-state index contributed by atoms with van der Waals surface area (Å²) in [5, 5.41) is 4.22. The number of nitrogens with one attached hydrogen (secondary N) is 1. The van der Waals surface area contributed by atoms with Gasteiger partial charge in [0.15, 0.2) is 12.6 Å². The molecule has 11 heteroatoms. The number of benzene rings is 2. The van der Waals surface area contributed by atoms with Crippen LogP contribution in [-0.2, 0) is 4.74 Å². The second kappa shape index (κ2) is 14.7. The first-order valence-electron chi connectivity index (χ1n) is 17.1. The highest BCUT2D eigenvalue weighted by molar-refractivity contribution is 6.90. The number of hydrogen-bond donors (Lipinski definition) is 1. The van der Waals surface area contributed by atoms with Crippen molar-refractivity contribution in [3.8, 4) is 34.4 Å². The largest absolute Gasteiger partial charge is 0.480 e. The molecule has 2 aromatic heterocycles. The van der Waals surface area contributed by atoms with Crippen molar-refractivity contribution in [2.75, 3.05) is 46.5 Å². The number of aromatic nitrogens is 3. The third kappa shape index (κ3) is 6.71. The average Bonchev–Trinajstić information content (AvgIpc) is 3.47. The fraction of sp³-hybridized carbons (Fsp3) is 0.486. The van der Waals surface area contributed by atoms with Crippen LogP contribution in [0, 0.1) is 23.1 Å². The maximum atomic E-state index is 17.0. The van der Waals surface area contributed by atoms with Crippen molar-refractivity contribution in [3.63, 3.8) is 0 Å². The smallest absolute Gasteiger partial charge is 0.225 e. The summed E-state index contributed by atoms with van der Waals surface area (Å²) < 4.78 is 58.2. The van der Waals surface area contributed by atoms with Gasteiger partial charge in [0.1, 0.15) is 30.9 Å². The molecule has 1 N–H and O–H groups in total. The van der Waals surface area contributed by atoms with Gasteiger partial charge in [-0.05, 0) is 66.6 Å². The molecule has 1 aliphatic heterocycles. The van der Waals surface area contributed by atoms with Gasteiger partial charge in [-0.3, -0.25) is 0 Å². The number of halogens is 2. The molecule has 1 atom stereocenters. The summed E-state index contributed by atoms with van der Waals surface area (Å²) in [6.07, 6.45) is 1.89. The molecule has 0 bridgehead atoms. The van der Waals surface area contributed by atoms with Gasteiger partial charge in [-0.1, -0.05) is 53.5 Å². The minimum atomic E-state index is -2.27. The van der Waals surface area contributed by atoms with E-state index in [-0.39, 0.29) is 58.6 Å². The quantitative estimate of drug-likeness (QED) is 0.0968. The number of ether oxygens (including phenoxy) is 3. The topological polar surface area (TPSA) is 81.6 Å². The zero-order valence-corrected chi connectivity index (χ0v) is 30.4. The SMILES string of the molecule is [2H]c1nc(NC[C@H]2CCCN2C)nc2c(F)c(-c3cc(OCOC)cc4ccc(F)c(C#C[Si](C(C)C)(C(C)C)C(C)C)c34)nc(OC)c12. The van der Waals surface area contributed by atoms with Gasteiger partial charge in [0.05, 0.1) is 19.4 Å². The molecule has 48 heavy (non-hydrogen) atoms. The van der Waals surface area contributed by atoms with Crippen molar-refractivity contribution in [2.45, 2.75) is 77.0 Å². The van der Waals surface area contributed by atoms with E-state index in [0.29, 0.717) is 39.7 Å². The van der Waals surface area contributed by atoms with E-state index in [0.717, 1.165) is 19.4 Å². The maximum Gasteiger partial charge on any atom is 0.225 e. The highest BCUT2D eigenvalue weighted by Gasteiger charge is 2.41. The Bertz CT molecular complexity index is 1890. The van der Waals surface area contributed by atoms with Crippen LogP contribution in [0.15, 0.2) is 30.4 Å². The molecule has 0 saturated carbocycles. The molecule has 256 valence electrons. The monoisotopic (exact) mass is 676 g/mol. The van der Waals surface area contributed by atoms with E-state index in [2.05, 4.69) is 85.2 Å². The molecule has 8 nitrogen and oxygen atoms in total. The Morgan fingerprint density at radius 3 is 2.44 bits per heavy atom. The van der Waals surface area contributed by atoms with Crippen LogP contribution in [-0.4, -0.2) is 75.1 Å². The number of anilines is 1. The highest BCUT2D eigenvalue weighted by Crippen LogP contribution is 2.42. The van der Waals surface area contributed by atoms with Crippen LogP contribution in [0.5, 0.6) is 11.6 Å². The summed E-state index contributed by atoms with van der Waals surface area (Å²) in [6, 6.07) is 6.64. The van der Waals surface area contributed by atoms with Gasteiger partial charge in [-0.2, -0.15) is 0 Å². The third-order valence-corrected chi connectivity index (χ3v) is 16.1. The van der Waals surface area contributed by atoms with E-state index in [4.69, 9.17) is 15.6 Å². The number of pyridine rings is 1. The minimum Gasteiger partial charge on any atom is -0.480 e. The number of methoxy groups -OCH3 is 2. The first-order chi connectivity index (χ1) is 23.3. The zero-order chi connectivity index (χ0) is 35.6. The lowest BCUT2D eigenvalue weighted by atomic mass is 9.95. The summed E-state index contributed by atoms with van der Waals surface area (Å²) >= 11 is 0. The maximum absolute atomic E-state index is 17.0. The Morgan fingerprint density at radius 2 is 1.81 bits per heavy atom. The Labute approximate surface area is 285 Å². The number of fused-ring (bicyclic) bond motifs is 2. The van der Waals surface area contributed by atoms with Crippen molar-refractivity contribution in [1.82, 2.24) is 19.9 Å². The summed E-state index contributed by atoms with van der Waals surface area (Å²) in [5.41, 5.74) is 4.76. The van der Waals surface area contributed by atoms with Crippen LogP contribution >= 0.6 is 0 Å². The van der Waals surface area contributed by atoms with Gasteiger partial charge >= 0.3 is 0 Å². The lowest BCUT2D eigenvalue weighted by Gasteiger charge is -2.38. The molecule has 0 radical (unpaired) electrons. The molecule has 1 aliphatic rings. The van der Waals surface area contributed by atoms with Crippen molar-refractivity contribution in [2.24, 2.45) is 0 Å². The lowest BCUT2D eigenvalue weighted by molar-refractivity contribution is 0.0512. The normalized spacial score (nSPS) is 15.8. The Balaban J connectivity index is 1.79. The Morgan fingerprint density at radius 1 is 1.08 bits per heavy atom. The van der Waals surface area contributed by atoms with E-state index in [9.17, 15) is 0 Å². The van der Waals surface area contributed by atoms with Gasteiger partial charge in [0, 0.05) is 36.8 Å². The standard InChI is InChI=1S/C37H47F2N5O3Si/c1-22(2)48(23(3)4,24(5)6)16-14-28-31(38)13-12-25-17-27(47-21-45-8)18-29(32(25)28)34-33(39)35-30(36(42-34)46-9)20-41-37(43-35)40-19-26-11-10-15-44(26)7/h12-13,17-18,20,22-24,26H,10-11,15,19,21H2,1-9H3,(H,40,41,43)/t26-/m1/s1/i20D. The number of rotatable bonds is 11. The van der Waals surface area contributed by atoms with Crippen LogP contribution < -0.4 is 14.8 Å². The van der Waals surface area contributed by atoms with Gasteiger partial charge in [-0.25, -0.2) is 23.7 Å². The molecule has 4 aromatic rings. The fourth-order valence-corrected chi connectivity index (χ4v) is 12.6. The number of nitrogens with zero attached hydrogens (tertiary/aromatic N) is 4. The number of likely N-dealkylation sites (tertiary alicyclic amines) is 1. The van der Waals surface area contributed by atoms with Crippen molar-refractivity contribution in [1.29, 1.82) is 0 Å². The second-order valence-electron chi connectivity index (χ2n) is 13.5. The van der Waals surface area contributed by atoms with Crippen LogP contribution in [0.25, 0.3) is 32.9 Å². The van der Waals surface area contributed by atoms with Crippen molar-refractivity contribution in [3.05, 3.63) is 47.6 Å². The number of likely N-dealkylation sites (N-methyl/N-ethyl adjacent to an activating group) is 1. The van der Waals surface area contributed by atoms with Crippen molar-refractivity contribution < 1.29 is 24.4 Å². The first-order valence-corrected chi connectivity index (χ1v) is 18.8. The summed E-state index contributed by atoms with van der Waals surface area (Å²) in [5.74, 6) is 2.46. The van der Waals surface area contributed by atoms with Crippen molar-refractivity contribution >= 4 is 35.7 Å². The fourth-order valence-electron chi connectivity index (χ4n) is 7.36. The van der Waals surface area contributed by atoms with Gasteiger partial charge in [0.2, 0.25) is 11.8 Å². The molecule has 0 spiro atoms. The minimum absolute atomic E-state index is 0.0234. The Hall–Kier alpha value is -3.85. The van der Waals surface area contributed by atoms with E-state index in [1.807, 2.05) is 0 Å². The molecular weight excluding hydrogens is 629 g/mol. The van der Waals surface area contributed by atoms with Crippen LogP contribution in [0.1, 0.15) is 61.3 Å². The molecular formula is C37H47F2N5O3Si. The summed E-state index contributed by atoms with van der Waals surface area (Å²) in [6.45, 7) is 14.7. The molecule has 5 rings (SSSR count). The Kier molecular flexibility index (Phi) is 10.4. The molecule has 1 fully saturated rings. The second-order valence-corrected chi connectivity index (χ2v) is 19.1. The lowest BCUT2D eigenvalue weighted by Crippen LogP contribution is -2.43. The van der Waals surface area contributed by atoms with Crippen LogP contribution in [0.2, 0.25) is 16.6 Å². The van der Waals surface area contributed by atoms with Gasteiger partial charge < -0.3 is 24.4 Å². The van der Waals surface area contributed by atoms with E-state index < -0.39 is 19.7 Å². The average molecular weight is 677 g/mol. The van der Waals surface area contributed by atoms with E-state index in [1.54, 1.807) is 18.2 Å². The summed E-state index contributed by atoms with van der Waals surface area (Å²) in [4.78, 5) is 15.6. The number of hydrogen-bond acceptors (Lipinski definition) is 8. The molecule has 2 aromatic carbocycles. The molecule has 0 amide bonds. The molecule has 1 saturated heterocycles. The predicted molar refractivity (Wildman–Crippen MR) is 191 cm³/mol. The van der Waals surface area contributed by atoms with Crippen LogP contribution in [0.3, 0.4) is 0 Å². The van der Waals surface area contributed by atoms with E-state index >= 15 is 8.78 Å². The molecule has 0 aliphatic carbocycles. The molecule has 3 heterocycles. The van der Waals surface area contributed by atoms with Gasteiger partial charge in [0.25, 0.3) is 0 Å².